The van der Waals surface area contributed by atoms with E-state index in [2.05, 4.69) is 18.9 Å². The van der Waals surface area contributed by atoms with Gasteiger partial charge in [0.05, 0.1) is 74.2 Å². The van der Waals surface area contributed by atoms with Crippen LogP contribution in [0.4, 0.5) is 45.5 Å². The number of benzene rings is 10. The molecule has 32 nitrogen and oxygen atoms in total. The van der Waals surface area contributed by atoms with Gasteiger partial charge in [-0.3, -0.25) is 57.2 Å². The Hall–Kier alpha value is -15.5. The van der Waals surface area contributed by atoms with E-state index in [1.54, 1.807) is 133 Å². The molecule has 0 unspecified atom stereocenters. The fourth-order valence-electron chi connectivity index (χ4n) is 18.2. The summed E-state index contributed by atoms with van der Waals surface area (Å²) in [5, 5.41) is 6.79. The Balaban J connectivity index is 0.000000132. The first-order valence-corrected chi connectivity index (χ1v) is 54.1. The molecule has 0 aliphatic carbocycles. The third-order valence-electron chi connectivity index (χ3n) is 25.9. The van der Waals surface area contributed by atoms with Gasteiger partial charge in [-0.25, -0.2) is 33.7 Å². The number of para-hydroxylation sites is 4. The fraction of sp³-hybridized carbons (Fsp3) is 0.208. The van der Waals surface area contributed by atoms with Crippen LogP contribution in [0.1, 0.15) is 51.2 Å². The van der Waals surface area contributed by atoms with Crippen molar-refractivity contribution in [1.82, 2.24) is 37.9 Å². The number of piperazine rings is 4. The lowest BCUT2D eigenvalue weighted by Gasteiger charge is -2.37. The van der Waals surface area contributed by atoms with Crippen LogP contribution in [0, 0.1) is 13.8 Å². The van der Waals surface area contributed by atoms with E-state index in [-0.39, 0.29) is 66.0 Å². The molecule has 6 aromatic heterocycles. The molecule has 16 aromatic rings. The van der Waals surface area contributed by atoms with Gasteiger partial charge in [-0.2, -0.15) is 0 Å². The molecule has 4 aliphatic rings. The fourth-order valence-corrected chi connectivity index (χ4v) is 23.9. The second kappa shape index (κ2) is 42.7. The van der Waals surface area contributed by atoms with Crippen LogP contribution < -0.4 is 60.7 Å². The molecule has 38 heteroatoms. The Kier molecular flexibility index (Phi) is 29.7. The molecule has 20 rings (SSSR count). The first-order chi connectivity index (χ1) is 69.2. The number of amides is 4. The Bertz CT molecular complexity index is 8270. The summed E-state index contributed by atoms with van der Waals surface area (Å²) in [4.78, 5) is 122. The van der Waals surface area contributed by atoms with Crippen LogP contribution in [0.15, 0.2) is 341 Å². The molecule has 0 radical (unpaired) electrons. The second-order valence-electron chi connectivity index (χ2n) is 34.9. The number of hydrogen-bond donors (Lipinski definition) is 4. The number of sulfonamides is 4. The van der Waals surface area contributed by atoms with Gasteiger partial charge in [0, 0.05) is 166 Å². The van der Waals surface area contributed by atoms with E-state index in [0.29, 0.717) is 170 Å². The minimum Gasteiger partial charge on any atom is -0.366 e. The minimum atomic E-state index is -4.01. The topological polar surface area (TPSA) is 367 Å². The van der Waals surface area contributed by atoms with Crippen LogP contribution in [0.3, 0.4) is 0 Å². The van der Waals surface area contributed by atoms with Crippen LogP contribution in [0.25, 0.3) is 43.6 Å². The highest BCUT2D eigenvalue weighted by atomic mass is 32.2. The first kappa shape index (κ1) is 100. The Morgan fingerprint density at radius 2 is 0.451 bits per heavy atom. The van der Waals surface area contributed by atoms with Crippen molar-refractivity contribution >= 4 is 176 Å². The number of thiophene rings is 2. The predicted octanol–water partition coefficient (Wildman–Crippen LogP) is 13.9. The van der Waals surface area contributed by atoms with Crippen molar-refractivity contribution in [3.05, 3.63) is 375 Å². The number of aromatic nitrogens is 4. The van der Waals surface area contributed by atoms with E-state index in [1.807, 2.05) is 202 Å². The largest absolute Gasteiger partial charge is 0.366 e. The SMILES string of the molecule is Cc1ccc(S(=O)(=O)Nc2c(N3CCN(C(=O)c4ccccc4)CC3)c3ccccc3n(C)c2=O)cc1.Cc1ccc(S(=O)(=O)Nc2c(N3CCN(C(=O)c4cccs4)CC3)c3ccccc3n(C)c2=O)cc1.Cn1c(=O)c(NS(=O)(=O)c2ccccc2)c(N2CCN(C(=O)c3ccccc3)CC2)c2ccccc21.Cn1c(=O)c(NS(=O)(=O)c2ccccc2)c(N2CCN(C(=O)c3cccs3)CC2)c2ccccc21. The van der Waals surface area contributed by atoms with Gasteiger partial charge in [-0.15, -0.1) is 22.7 Å². The molecule has 0 bridgehead atoms. The molecule has 4 N–H and O–H groups in total. The third kappa shape index (κ3) is 21.2. The van der Waals surface area contributed by atoms with Gasteiger partial charge in [-0.05, 0) is 134 Å². The zero-order valence-electron chi connectivity index (χ0n) is 79.5. The van der Waals surface area contributed by atoms with E-state index in [0.717, 1.165) is 32.7 Å². The van der Waals surface area contributed by atoms with Crippen molar-refractivity contribution in [1.29, 1.82) is 0 Å². The van der Waals surface area contributed by atoms with E-state index >= 15 is 0 Å². The maximum Gasteiger partial charge on any atom is 0.277 e. The molecule has 10 aromatic carbocycles. The average Bonchev–Trinajstić information content (AvgIpc) is 0.927. The van der Waals surface area contributed by atoms with Gasteiger partial charge in [0.2, 0.25) is 0 Å². The number of hydrogen-bond acceptors (Lipinski definition) is 22. The van der Waals surface area contributed by atoms with E-state index in [9.17, 15) is 72.0 Å². The van der Waals surface area contributed by atoms with Crippen molar-refractivity contribution in [2.45, 2.75) is 33.4 Å². The lowest BCUT2D eigenvalue weighted by Crippen LogP contribution is -2.49. The van der Waals surface area contributed by atoms with Gasteiger partial charge in [0.25, 0.3) is 86.0 Å². The first-order valence-electron chi connectivity index (χ1n) is 46.4. The van der Waals surface area contributed by atoms with Crippen molar-refractivity contribution in [2.24, 2.45) is 28.2 Å². The van der Waals surface area contributed by atoms with Crippen LogP contribution >= 0.6 is 22.7 Å². The average molecular weight is 2050 g/mol. The number of rotatable bonds is 20. The number of nitrogens with one attached hydrogen (secondary N) is 4. The van der Waals surface area contributed by atoms with Crippen molar-refractivity contribution < 1.29 is 52.8 Å². The number of pyridine rings is 4. The number of anilines is 8. The maximum atomic E-state index is 13.5. The van der Waals surface area contributed by atoms with Gasteiger partial charge >= 0.3 is 0 Å². The normalized spacial score (nSPS) is 14.2. The number of carbonyl (C=O) groups excluding carboxylic acids is 4. The molecule has 144 heavy (non-hydrogen) atoms. The van der Waals surface area contributed by atoms with Gasteiger partial charge in [0.1, 0.15) is 22.7 Å². The van der Waals surface area contributed by atoms with Crippen LogP contribution in [-0.2, 0) is 68.3 Å². The molecular weight excluding hydrogens is 1950 g/mol. The van der Waals surface area contributed by atoms with Gasteiger partial charge in [-0.1, -0.05) is 193 Å². The molecule has 0 saturated carbocycles. The third-order valence-corrected chi connectivity index (χ3v) is 33.0. The van der Waals surface area contributed by atoms with Crippen LogP contribution in [0.5, 0.6) is 0 Å². The molecular formula is C106H104N16O16S6. The quantitative estimate of drug-likeness (QED) is 0.0550. The molecule has 4 saturated heterocycles. The van der Waals surface area contributed by atoms with Crippen LogP contribution in [-0.4, -0.2) is 200 Å². The van der Waals surface area contributed by atoms with Crippen molar-refractivity contribution in [2.75, 3.05) is 143 Å². The smallest absolute Gasteiger partial charge is 0.277 e. The van der Waals surface area contributed by atoms with E-state index < -0.39 is 62.3 Å². The molecule has 10 heterocycles. The lowest BCUT2D eigenvalue weighted by molar-refractivity contribution is 0.0739. The molecule has 0 atom stereocenters. The summed E-state index contributed by atoms with van der Waals surface area (Å²) in [6, 6.07) is 84.2. The monoisotopic (exact) mass is 2050 g/mol. The van der Waals surface area contributed by atoms with Crippen LogP contribution in [0.2, 0.25) is 0 Å². The van der Waals surface area contributed by atoms with E-state index in [4.69, 9.17) is 0 Å². The minimum absolute atomic E-state index is 0.00267. The molecule has 740 valence electrons. The summed E-state index contributed by atoms with van der Waals surface area (Å²) in [6.07, 6.45) is 0. The summed E-state index contributed by atoms with van der Waals surface area (Å²) in [5.74, 6) is -0.124. The number of nitrogens with zero attached hydrogens (tertiary/aromatic N) is 12. The van der Waals surface area contributed by atoms with Crippen molar-refractivity contribution in [3.8, 4) is 0 Å². The van der Waals surface area contributed by atoms with E-state index in [1.165, 1.54) is 89.5 Å². The summed E-state index contributed by atoms with van der Waals surface area (Å²) >= 11 is 2.82. The molecule has 4 amide bonds. The Morgan fingerprint density at radius 3 is 0.681 bits per heavy atom. The number of aryl methyl sites for hydroxylation is 6. The summed E-state index contributed by atoms with van der Waals surface area (Å²) in [6.45, 7) is 11.1. The highest BCUT2D eigenvalue weighted by molar-refractivity contribution is 7.93. The maximum absolute atomic E-state index is 13.5. The Morgan fingerprint density at radius 1 is 0.243 bits per heavy atom. The highest BCUT2D eigenvalue weighted by Gasteiger charge is 2.36. The zero-order chi connectivity index (χ0) is 101. The number of carbonyl (C=O) groups is 4. The summed E-state index contributed by atoms with van der Waals surface area (Å²) in [7, 11) is -9.48. The lowest BCUT2D eigenvalue weighted by atomic mass is 10.1. The molecule has 4 aliphatic heterocycles. The standard InChI is InChI=1S/C28H28N4O4S.C27H26N4O4S.C26H26N4O4S2.C25H24N4O4S2/c1-20-12-14-22(15-13-20)37(35,36)29-25-26(23-10-6-7-11-24(23)30(2)28(25)34)31-16-18-32(19-17-31)27(33)21-8-4-3-5-9-21;1-29-23-15-9-8-14-22(23)25(24(27(29)33)28-36(34,35)21-12-6-3-7-13-21)30-16-18-31(19-17-30)26(32)20-10-4-2-5-11-20;1-18-9-11-19(12-10-18)36(33,34)27-23-24(20-6-3-4-7-21(20)28(2)26(23)32)29-13-15-30(16-14-29)25(31)22-8-5-17-35-22;1-27-20-11-6-5-10-19(20)23(22(25(27)31)26-35(32,33)18-8-3-2-4-9-18)28-13-15-29(16-14-28)24(30)21-12-7-17-34-21/h3-15,29H,16-19H2,1-2H3;2-15,28H,16-19H2,1H3;3-12,17,27H,13-16H2,1-2H3;2-12,17,26H,13-16H2,1H3. The predicted molar refractivity (Wildman–Crippen MR) is 569 cm³/mol. The zero-order valence-corrected chi connectivity index (χ0v) is 84.4. The summed E-state index contributed by atoms with van der Waals surface area (Å²) < 4.78 is 122. The Labute approximate surface area is 840 Å². The van der Waals surface area contributed by atoms with Gasteiger partial charge in [0.15, 0.2) is 0 Å². The number of fused-ring (bicyclic) bond motifs is 4. The highest BCUT2D eigenvalue weighted by Crippen LogP contribution is 2.41. The van der Waals surface area contributed by atoms with Crippen molar-refractivity contribution in [3.63, 3.8) is 0 Å². The van der Waals surface area contributed by atoms with Gasteiger partial charge < -0.3 is 57.5 Å². The second-order valence-corrected chi connectivity index (χ2v) is 43.5. The molecule has 4 fully saturated rings. The summed E-state index contributed by atoms with van der Waals surface area (Å²) in [5.41, 5.74) is 6.32. The molecule has 0 spiro atoms.